The van der Waals surface area contributed by atoms with Crippen molar-refractivity contribution in [3.63, 3.8) is 0 Å². The van der Waals surface area contributed by atoms with E-state index in [1.54, 1.807) is 0 Å². The monoisotopic (exact) mass is 117 g/mol. The Kier molecular flexibility index (Phi) is 2.67. The molecule has 0 saturated carbocycles. The van der Waals surface area contributed by atoms with Gasteiger partial charge in [0.05, 0.1) is 5.71 Å². The predicted molar refractivity (Wildman–Crippen MR) is 34.3 cm³/mol. The third-order valence-electron chi connectivity index (χ3n) is 0.993. The second-order valence-corrected chi connectivity index (χ2v) is 3.63. The maximum absolute atomic E-state index is 8.12. The molecule has 0 spiro atoms. The van der Waals surface area contributed by atoms with Gasteiger partial charge in [0, 0.05) is 10.2 Å². The molecule has 0 aromatic heterocycles. The van der Waals surface area contributed by atoms with Crippen molar-refractivity contribution in [3.05, 3.63) is 0 Å². The van der Waals surface area contributed by atoms with E-state index in [4.69, 9.17) is 5.21 Å². The SMILES string of the molecule is CC(=NO)C(C)[SiH3]. The Bertz CT molecular complexity index is 79.8. The molecule has 0 bridgehead atoms. The highest BCUT2D eigenvalue weighted by Gasteiger charge is 1.94. The van der Waals surface area contributed by atoms with Gasteiger partial charge >= 0.3 is 0 Å². The van der Waals surface area contributed by atoms with E-state index in [1.165, 1.54) is 0 Å². The summed E-state index contributed by atoms with van der Waals surface area (Å²) in [4.78, 5) is 0. The lowest BCUT2D eigenvalue weighted by Gasteiger charge is -1.96. The molecule has 0 heterocycles. The zero-order chi connectivity index (χ0) is 5.86. The van der Waals surface area contributed by atoms with Crippen LogP contribution in [0.4, 0.5) is 0 Å². The van der Waals surface area contributed by atoms with Crippen LogP contribution in [0.25, 0.3) is 0 Å². The van der Waals surface area contributed by atoms with E-state index in [0.29, 0.717) is 5.54 Å². The van der Waals surface area contributed by atoms with Gasteiger partial charge in [0.25, 0.3) is 0 Å². The van der Waals surface area contributed by atoms with Crippen LogP contribution in [0.5, 0.6) is 0 Å². The largest absolute Gasteiger partial charge is 0.411 e. The average Bonchev–Trinajstić information content (AvgIpc) is 1.65. The van der Waals surface area contributed by atoms with E-state index in [2.05, 4.69) is 5.16 Å². The lowest BCUT2D eigenvalue weighted by atomic mass is 10.3. The molecule has 2 nitrogen and oxygen atoms in total. The molecule has 0 aromatic carbocycles. The summed E-state index contributed by atoms with van der Waals surface area (Å²) in [5.41, 5.74) is 1.34. The molecule has 0 aromatic rings. The zero-order valence-corrected chi connectivity index (χ0v) is 6.97. The average molecular weight is 117 g/mol. The van der Waals surface area contributed by atoms with E-state index in [0.717, 1.165) is 16.0 Å². The van der Waals surface area contributed by atoms with Crippen molar-refractivity contribution in [1.82, 2.24) is 0 Å². The quantitative estimate of drug-likeness (QED) is 0.223. The number of nitrogens with zero attached hydrogens (tertiary/aromatic N) is 1. The van der Waals surface area contributed by atoms with Crippen LogP contribution >= 0.6 is 0 Å². The van der Waals surface area contributed by atoms with Crippen LogP contribution in [0.2, 0.25) is 5.54 Å². The fourth-order valence-corrected chi connectivity index (χ4v) is 0.231. The number of hydrogen-bond donors (Lipinski definition) is 1. The summed E-state index contributed by atoms with van der Waals surface area (Å²) < 4.78 is 0. The van der Waals surface area contributed by atoms with Gasteiger partial charge in [-0.3, -0.25) is 0 Å². The van der Waals surface area contributed by atoms with E-state index in [-0.39, 0.29) is 0 Å². The van der Waals surface area contributed by atoms with Crippen molar-refractivity contribution in [1.29, 1.82) is 0 Å². The molecule has 0 amide bonds. The first-order valence-corrected chi connectivity index (χ1v) is 3.52. The molecule has 0 aliphatic carbocycles. The van der Waals surface area contributed by atoms with Gasteiger partial charge in [0.2, 0.25) is 0 Å². The standard InChI is InChI=1S/C4H11NOSi/c1-3(5-6)4(2)7/h4,6H,1-2,7H3. The molecule has 0 fully saturated rings. The van der Waals surface area contributed by atoms with Crippen LogP contribution in [-0.4, -0.2) is 21.2 Å². The summed E-state index contributed by atoms with van der Waals surface area (Å²) >= 11 is 0. The Morgan fingerprint density at radius 3 is 2.29 bits per heavy atom. The summed E-state index contributed by atoms with van der Waals surface area (Å²) in [5, 5.41) is 11.2. The third kappa shape index (κ3) is 2.39. The first kappa shape index (κ1) is 6.69. The second-order valence-electron chi connectivity index (χ2n) is 1.90. The van der Waals surface area contributed by atoms with Crippen LogP contribution in [0.1, 0.15) is 13.8 Å². The van der Waals surface area contributed by atoms with E-state index in [9.17, 15) is 0 Å². The minimum absolute atomic E-state index is 0.505. The highest BCUT2D eigenvalue weighted by molar-refractivity contribution is 6.24. The summed E-state index contributed by atoms with van der Waals surface area (Å²) in [6, 6.07) is 0. The molecule has 1 atom stereocenters. The lowest BCUT2D eigenvalue weighted by molar-refractivity contribution is 0.317. The van der Waals surface area contributed by atoms with Crippen LogP contribution in [0, 0.1) is 0 Å². The van der Waals surface area contributed by atoms with Gasteiger partial charge < -0.3 is 5.21 Å². The highest BCUT2D eigenvalue weighted by Crippen LogP contribution is 1.96. The van der Waals surface area contributed by atoms with Gasteiger partial charge in [-0.1, -0.05) is 12.1 Å². The maximum atomic E-state index is 8.12. The summed E-state index contributed by atoms with van der Waals surface area (Å²) in [6.45, 7) is 3.87. The van der Waals surface area contributed by atoms with E-state index >= 15 is 0 Å². The molecule has 7 heavy (non-hydrogen) atoms. The molecule has 0 radical (unpaired) electrons. The minimum Gasteiger partial charge on any atom is -0.411 e. The zero-order valence-electron chi connectivity index (χ0n) is 4.97. The lowest BCUT2D eigenvalue weighted by Crippen LogP contribution is -1.98. The predicted octanol–water partition coefficient (Wildman–Crippen LogP) is 0.0103. The van der Waals surface area contributed by atoms with Gasteiger partial charge in [-0.25, -0.2) is 0 Å². The van der Waals surface area contributed by atoms with Crippen molar-refractivity contribution in [2.45, 2.75) is 19.4 Å². The molecular formula is C4H11NOSi. The number of hydrogen-bond acceptors (Lipinski definition) is 2. The molecule has 1 unspecified atom stereocenters. The Morgan fingerprint density at radius 2 is 2.29 bits per heavy atom. The van der Waals surface area contributed by atoms with Gasteiger partial charge in [-0.2, -0.15) is 0 Å². The summed E-state index contributed by atoms with van der Waals surface area (Å²) in [5.74, 6) is 0. The Balaban J connectivity index is 3.56. The van der Waals surface area contributed by atoms with Crippen LogP contribution in [0.3, 0.4) is 0 Å². The summed E-state index contributed by atoms with van der Waals surface area (Å²) in [6.07, 6.45) is 0. The first-order chi connectivity index (χ1) is 3.18. The number of rotatable bonds is 1. The van der Waals surface area contributed by atoms with E-state index < -0.39 is 0 Å². The van der Waals surface area contributed by atoms with Gasteiger partial charge in [0.1, 0.15) is 0 Å². The number of oxime groups is 1. The van der Waals surface area contributed by atoms with Crippen molar-refractivity contribution < 1.29 is 5.21 Å². The molecule has 0 rings (SSSR count). The molecule has 0 aliphatic heterocycles. The summed E-state index contributed by atoms with van der Waals surface area (Å²) in [7, 11) is 1.07. The highest BCUT2D eigenvalue weighted by atomic mass is 28.1. The van der Waals surface area contributed by atoms with Crippen molar-refractivity contribution in [2.75, 3.05) is 0 Å². The fourth-order valence-electron chi connectivity index (χ4n) is 0.115. The normalized spacial score (nSPS) is 17.1. The van der Waals surface area contributed by atoms with Crippen molar-refractivity contribution >= 4 is 16.0 Å². The van der Waals surface area contributed by atoms with Crippen LogP contribution < -0.4 is 0 Å². The fraction of sp³-hybridized carbons (Fsp3) is 0.750. The molecule has 3 heteroatoms. The molecule has 0 saturated heterocycles. The second kappa shape index (κ2) is 2.79. The van der Waals surface area contributed by atoms with Crippen LogP contribution in [-0.2, 0) is 0 Å². The Labute approximate surface area is 46.6 Å². The van der Waals surface area contributed by atoms with Gasteiger partial charge in [-0.15, -0.1) is 0 Å². The smallest absolute Gasteiger partial charge is 0.0532 e. The van der Waals surface area contributed by atoms with Crippen LogP contribution in [0.15, 0.2) is 5.16 Å². The minimum atomic E-state index is 0.505. The third-order valence-corrected chi connectivity index (χ3v) is 1.83. The Hall–Kier alpha value is -0.313. The molecule has 42 valence electrons. The maximum Gasteiger partial charge on any atom is 0.0532 e. The molecule has 0 aliphatic rings. The van der Waals surface area contributed by atoms with Crippen molar-refractivity contribution in [2.24, 2.45) is 5.16 Å². The van der Waals surface area contributed by atoms with E-state index in [1.807, 2.05) is 13.8 Å². The van der Waals surface area contributed by atoms with Crippen molar-refractivity contribution in [3.8, 4) is 0 Å². The Morgan fingerprint density at radius 1 is 1.86 bits per heavy atom. The molecular weight excluding hydrogens is 106 g/mol. The first-order valence-electron chi connectivity index (χ1n) is 2.37. The molecule has 1 N–H and O–H groups in total. The van der Waals surface area contributed by atoms with Gasteiger partial charge in [-0.05, 0) is 12.5 Å². The topological polar surface area (TPSA) is 32.6 Å². The van der Waals surface area contributed by atoms with Gasteiger partial charge in [0.15, 0.2) is 0 Å².